The molecule has 0 bridgehead atoms. The molecule has 84 valence electrons. The highest BCUT2D eigenvalue weighted by molar-refractivity contribution is 6.36. The second kappa shape index (κ2) is 3.46. The molecular weight excluding hydrogens is 240 g/mol. The molecule has 4 nitrogen and oxygen atoms in total. The Labute approximate surface area is 101 Å². The molecule has 0 amide bonds. The smallest absolute Gasteiger partial charge is 0.354 e. The number of benzene rings is 1. The van der Waals surface area contributed by atoms with Crippen LogP contribution in [0.25, 0.3) is 21.8 Å². The summed E-state index contributed by atoms with van der Waals surface area (Å²) in [6.45, 7) is 0. The highest BCUT2D eigenvalue weighted by atomic mass is 35.5. The number of nitrogens with one attached hydrogen (secondary N) is 1. The van der Waals surface area contributed by atoms with Gasteiger partial charge in [0.15, 0.2) is 0 Å². The number of H-pyrrole nitrogens is 1. The number of para-hydroxylation sites is 1. The summed E-state index contributed by atoms with van der Waals surface area (Å²) >= 11 is 6.06. The van der Waals surface area contributed by atoms with Gasteiger partial charge >= 0.3 is 5.97 Å². The van der Waals surface area contributed by atoms with Gasteiger partial charge in [0.2, 0.25) is 0 Å². The van der Waals surface area contributed by atoms with Crippen LogP contribution in [0.3, 0.4) is 0 Å². The van der Waals surface area contributed by atoms with E-state index in [4.69, 9.17) is 16.7 Å². The highest BCUT2D eigenvalue weighted by Gasteiger charge is 2.10. The lowest BCUT2D eigenvalue weighted by Gasteiger charge is -1.94. The number of aromatic nitrogens is 2. The van der Waals surface area contributed by atoms with Crippen LogP contribution in [0.2, 0.25) is 5.02 Å². The molecule has 0 aliphatic rings. The van der Waals surface area contributed by atoms with E-state index >= 15 is 0 Å². The molecule has 2 heterocycles. The quantitative estimate of drug-likeness (QED) is 0.693. The molecule has 2 N–H and O–H groups in total. The Kier molecular flexibility index (Phi) is 2.06. The summed E-state index contributed by atoms with van der Waals surface area (Å²) in [5.74, 6) is -1.04. The van der Waals surface area contributed by atoms with E-state index < -0.39 is 5.97 Å². The molecule has 5 heteroatoms. The van der Waals surface area contributed by atoms with Crippen LogP contribution in [0.15, 0.2) is 30.5 Å². The van der Waals surface area contributed by atoms with Crippen molar-refractivity contribution in [1.82, 2.24) is 9.97 Å². The van der Waals surface area contributed by atoms with Crippen molar-refractivity contribution in [1.29, 1.82) is 0 Å². The molecular formula is C12H7ClN2O2. The van der Waals surface area contributed by atoms with E-state index in [1.807, 2.05) is 12.1 Å². The first-order chi connectivity index (χ1) is 8.16. The molecule has 0 saturated carbocycles. The van der Waals surface area contributed by atoms with Gasteiger partial charge in [-0.1, -0.05) is 23.7 Å². The first kappa shape index (κ1) is 10.1. The van der Waals surface area contributed by atoms with Crippen molar-refractivity contribution in [2.75, 3.05) is 0 Å². The molecule has 17 heavy (non-hydrogen) atoms. The van der Waals surface area contributed by atoms with Crippen LogP contribution >= 0.6 is 11.6 Å². The average molecular weight is 247 g/mol. The Hall–Kier alpha value is -2.07. The third-order valence-corrected chi connectivity index (χ3v) is 3.00. The fourth-order valence-corrected chi connectivity index (χ4v) is 2.13. The molecule has 2 aromatic heterocycles. The van der Waals surface area contributed by atoms with Gasteiger partial charge in [0.1, 0.15) is 5.69 Å². The summed E-state index contributed by atoms with van der Waals surface area (Å²) in [6, 6.07) is 7.06. The van der Waals surface area contributed by atoms with Gasteiger partial charge in [-0.05, 0) is 12.1 Å². The number of fused-ring (bicyclic) bond motifs is 3. The number of nitrogens with zero attached hydrogens (tertiary/aromatic N) is 1. The summed E-state index contributed by atoms with van der Waals surface area (Å²) in [5.41, 5.74) is 1.60. The number of carboxylic acids is 1. The third kappa shape index (κ3) is 1.45. The lowest BCUT2D eigenvalue weighted by Crippen LogP contribution is -1.98. The summed E-state index contributed by atoms with van der Waals surface area (Å²) in [4.78, 5) is 17.9. The Morgan fingerprint density at radius 2 is 2.18 bits per heavy atom. The van der Waals surface area contributed by atoms with Crippen molar-refractivity contribution in [2.45, 2.75) is 0 Å². The Morgan fingerprint density at radius 1 is 1.35 bits per heavy atom. The number of aromatic carboxylic acids is 1. The van der Waals surface area contributed by atoms with Crippen molar-refractivity contribution in [3.8, 4) is 0 Å². The topological polar surface area (TPSA) is 66.0 Å². The van der Waals surface area contributed by atoms with Gasteiger partial charge in [0.25, 0.3) is 0 Å². The summed E-state index contributed by atoms with van der Waals surface area (Å²) in [5, 5.41) is 11.2. The molecule has 3 rings (SSSR count). The Balaban J connectivity index is 2.46. The molecule has 0 aliphatic heterocycles. The fourth-order valence-electron chi connectivity index (χ4n) is 1.91. The largest absolute Gasteiger partial charge is 0.477 e. The second-order valence-electron chi connectivity index (χ2n) is 3.71. The van der Waals surface area contributed by atoms with E-state index in [1.54, 1.807) is 12.1 Å². The summed E-state index contributed by atoms with van der Waals surface area (Å²) in [7, 11) is 0. The fraction of sp³-hybridized carbons (Fsp3) is 0. The van der Waals surface area contributed by atoms with E-state index in [2.05, 4.69) is 9.97 Å². The van der Waals surface area contributed by atoms with Gasteiger partial charge in [-0.2, -0.15) is 0 Å². The van der Waals surface area contributed by atoms with Crippen LogP contribution in [0.4, 0.5) is 0 Å². The predicted molar refractivity (Wildman–Crippen MR) is 65.6 cm³/mol. The molecule has 0 saturated heterocycles. The van der Waals surface area contributed by atoms with E-state index in [9.17, 15) is 4.79 Å². The SMILES string of the molecule is O=C(O)c1cc2c(cn1)[nH]c1c(Cl)cccc12. The number of rotatable bonds is 1. The number of halogens is 1. The number of hydrogen-bond acceptors (Lipinski definition) is 2. The van der Waals surface area contributed by atoms with E-state index in [0.717, 1.165) is 21.8 Å². The molecule has 0 radical (unpaired) electrons. The van der Waals surface area contributed by atoms with E-state index in [-0.39, 0.29) is 5.69 Å². The zero-order chi connectivity index (χ0) is 12.0. The monoisotopic (exact) mass is 246 g/mol. The van der Waals surface area contributed by atoms with E-state index in [1.165, 1.54) is 6.20 Å². The standard InChI is InChI=1S/C12H7ClN2O2/c13-8-3-1-2-6-7-4-9(12(16)17)14-5-10(7)15-11(6)8/h1-5,15H,(H,16,17). The maximum absolute atomic E-state index is 10.9. The van der Waals surface area contributed by atoms with Crippen molar-refractivity contribution in [2.24, 2.45) is 0 Å². The molecule has 0 fully saturated rings. The van der Waals surface area contributed by atoms with Crippen LogP contribution in [0.5, 0.6) is 0 Å². The van der Waals surface area contributed by atoms with Gasteiger partial charge in [-0.25, -0.2) is 9.78 Å². The maximum atomic E-state index is 10.9. The molecule has 0 aliphatic carbocycles. The van der Waals surface area contributed by atoms with Crippen molar-refractivity contribution in [3.63, 3.8) is 0 Å². The van der Waals surface area contributed by atoms with Crippen LogP contribution in [0.1, 0.15) is 10.5 Å². The molecule has 0 unspecified atom stereocenters. The van der Waals surface area contributed by atoms with Gasteiger partial charge < -0.3 is 10.1 Å². The number of hydrogen-bond donors (Lipinski definition) is 2. The van der Waals surface area contributed by atoms with Gasteiger partial charge in [-0.15, -0.1) is 0 Å². The zero-order valence-electron chi connectivity index (χ0n) is 8.57. The summed E-state index contributed by atoms with van der Waals surface area (Å²) in [6.07, 6.45) is 1.51. The molecule has 0 spiro atoms. The lowest BCUT2D eigenvalue weighted by molar-refractivity contribution is 0.0691. The number of carbonyl (C=O) groups is 1. The minimum absolute atomic E-state index is 0.0263. The normalized spacial score (nSPS) is 11.1. The van der Waals surface area contributed by atoms with Gasteiger partial charge in [0.05, 0.1) is 22.3 Å². The van der Waals surface area contributed by atoms with E-state index in [0.29, 0.717) is 5.02 Å². The zero-order valence-corrected chi connectivity index (χ0v) is 9.32. The number of pyridine rings is 1. The van der Waals surface area contributed by atoms with Gasteiger partial charge in [-0.3, -0.25) is 0 Å². The van der Waals surface area contributed by atoms with Crippen molar-refractivity contribution >= 4 is 39.4 Å². The third-order valence-electron chi connectivity index (χ3n) is 2.69. The molecule has 3 aromatic rings. The van der Waals surface area contributed by atoms with Crippen LogP contribution < -0.4 is 0 Å². The minimum atomic E-state index is -1.04. The Morgan fingerprint density at radius 3 is 2.94 bits per heavy atom. The van der Waals surface area contributed by atoms with Crippen molar-refractivity contribution in [3.05, 3.63) is 41.2 Å². The Bertz CT molecular complexity index is 749. The van der Waals surface area contributed by atoms with Gasteiger partial charge in [0, 0.05) is 10.8 Å². The van der Waals surface area contributed by atoms with Crippen LogP contribution in [-0.4, -0.2) is 21.0 Å². The predicted octanol–water partition coefficient (Wildman–Crippen LogP) is 3.07. The average Bonchev–Trinajstić information content (AvgIpc) is 2.68. The van der Waals surface area contributed by atoms with Crippen molar-refractivity contribution < 1.29 is 9.90 Å². The number of carboxylic acid groups (broad SMARTS) is 1. The maximum Gasteiger partial charge on any atom is 0.354 e. The summed E-state index contributed by atoms with van der Waals surface area (Å²) < 4.78 is 0. The lowest BCUT2D eigenvalue weighted by atomic mass is 10.1. The number of aromatic amines is 1. The van der Waals surface area contributed by atoms with Crippen LogP contribution in [0, 0.1) is 0 Å². The van der Waals surface area contributed by atoms with Crippen LogP contribution in [-0.2, 0) is 0 Å². The second-order valence-corrected chi connectivity index (χ2v) is 4.11. The first-order valence-corrected chi connectivity index (χ1v) is 5.34. The first-order valence-electron chi connectivity index (χ1n) is 4.96. The highest BCUT2D eigenvalue weighted by Crippen LogP contribution is 2.29. The molecule has 1 aromatic carbocycles. The molecule has 0 atom stereocenters. The minimum Gasteiger partial charge on any atom is -0.477 e.